The summed E-state index contributed by atoms with van der Waals surface area (Å²) in [5.74, 6) is 2.41. The van der Waals surface area contributed by atoms with Crippen molar-refractivity contribution in [2.75, 3.05) is 7.11 Å². The molecule has 0 amide bonds. The Morgan fingerprint density at radius 2 is 0.750 bits per heavy atom. The minimum Gasteiger partial charge on any atom is -0.496 e. The smallest absolute Gasteiger partial charge is 0.130 e. The number of rotatable bonds is 5. The van der Waals surface area contributed by atoms with Gasteiger partial charge in [-0.2, -0.15) is 0 Å². The van der Waals surface area contributed by atoms with E-state index in [0.29, 0.717) is 0 Å². The molecule has 0 spiro atoms. The second-order valence-electron chi connectivity index (χ2n) is 11.3. The lowest BCUT2D eigenvalue weighted by Gasteiger charge is -2.40. The van der Waals surface area contributed by atoms with Crippen LogP contribution in [0.5, 0.6) is 17.2 Å². The molecule has 0 fully saturated rings. The van der Waals surface area contributed by atoms with Crippen LogP contribution in [-0.4, -0.2) is 27.7 Å². The number of benzene rings is 1. The average Bonchev–Trinajstić information content (AvgIpc) is 2.45. The molecule has 1 aromatic carbocycles. The van der Waals surface area contributed by atoms with Gasteiger partial charge in [-0.05, 0) is 0 Å². The molecule has 0 atom stereocenters. The largest absolute Gasteiger partial charge is 0.496 e. The van der Waals surface area contributed by atoms with E-state index in [-0.39, 0.29) is 20.6 Å². The highest BCUT2D eigenvalue weighted by atomic mass is 31.1. The summed E-state index contributed by atoms with van der Waals surface area (Å²) in [7, 11) is 0.250. The molecule has 3 nitrogen and oxygen atoms in total. The number of methoxy groups -OCH3 is 1. The summed E-state index contributed by atoms with van der Waals surface area (Å²) in [6.45, 7) is 27.0. The fourth-order valence-electron chi connectivity index (χ4n) is 3.54. The standard InChI is InChI=1S/C23H42O3P2/c1-20(2,3)27(21(4,5)6)25-18-14-17(24-13)15-19(16-18)26-28(22(7,8)9)23(10,11)12/h14-16H,1-13H3. The van der Waals surface area contributed by atoms with Crippen molar-refractivity contribution >= 4 is 16.3 Å². The van der Waals surface area contributed by atoms with Gasteiger partial charge in [-0.25, -0.2) is 0 Å². The first kappa shape index (κ1) is 25.5. The highest BCUT2D eigenvalue weighted by Gasteiger charge is 2.39. The molecular formula is C23H42O3P2. The summed E-state index contributed by atoms with van der Waals surface area (Å²) < 4.78 is 18.7. The van der Waals surface area contributed by atoms with Gasteiger partial charge in [0.1, 0.15) is 17.2 Å². The van der Waals surface area contributed by atoms with Gasteiger partial charge in [0.05, 0.1) is 23.4 Å². The Morgan fingerprint density at radius 3 is 0.964 bits per heavy atom. The van der Waals surface area contributed by atoms with Crippen molar-refractivity contribution in [2.45, 2.75) is 104 Å². The Hall–Kier alpha value is -0.520. The third-order valence-corrected chi connectivity index (χ3v) is 9.58. The SMILES string of the molecule is COc1cc(OP(C(C)(C)C)C(C)(C)C)cc(OP(C(C)(C)C)C(C)(C)C)c1. The molecule has 0 radical (unpaired) electrons. The molecule has 0 aliphatic carbocycles. The van der Waals surface area contributed by atoms with Crippen molar-refractivity contribution in [3.05, 3.63) is 18.2 Å². The van der Waals surface area contributed by atoms with E-state index >= 15 is 0 Å². The molecule has 0 aliphatic heterocycles. The van der Waals surface area contributed by atoms with Gasteiger partial charge in [-0.3, -0.25) is 0 Å². The quantitative estimate of drug-likeness (QED) is 0.440. The van der Waals surface area contributed by atoms with Crippen LogP contribution >= 0.6 is 16.3 Å². The molecule has 1 aromatic rings. The van der Waals surface area contributed by atoms with Crippen LogP contribution in [0.2, 0.25) is 0 Å². The van der Waals surface area contributed by atoms with Gasteiger partial charge in [-0.15, -0.1) is 0 Å². The summed E-state index contributed by atoms with van der Waals surface area (Å²) in [5, 5.41) is 0.282. The molecule has 162 valence electrons. The zero-order chi connectivity index (χ0) is 22.1. The zero-order valence-electron chi connectivity index (χ0n) is 20.4. The van der Waals surface area contributed by atoms with E-state index in [0.717, 1.165) is 17.2 Å². The van der Waals surface area contributed by atoms with Gasteiger partial charge in [-0.1, -0.05) is 83.1 Å². The Labute approximate surface area is 176 Å². The van der Waals surface area contributed by atoms with Crippen LogP contribution in [0.3, 0.4) is 0 Å². The molecule has 0 bridgehead atoms. The lowest BCUT2D eigenvalue weighted by Crippen LogP contribution is -2.28. The molecule has 0 aromatic heterocycles. The van der Waals surface area contributed by atoms with Crippen molar-refractivity contribution in [2.24, 2.45) is 0 Å². The van der Waals surface area contributed by atoms with Crippen LogP contribution in [0.4, 0.5) is 0 Å². The summed E-state index contributed by atoms with van der Waals surface area (Å²) in [6, 6.07) is 5.97. The van der Waals surface area contributed by atoms with E-state index in [1.54, 1.807) is 7.11 Å². The van der Waals surface area contributed by atoms with Crippen molar-refractivity contribution in [3.63, 3.8) is 0 Å². The van der Waals surface area contributed by atoms with Gasteiger partial charge in [0.15, 0.2) is 0 Å². The predicted octanol–water partition coefficient (Wildman–Crippen LogP) is 8.44. The van der Waals surface area contributed by atoms with E-state index in [1.807, 2.05) is 18.2 Å². The molecule has 0 saturated heterocycles. The highest BCUT2D eigenvalue weighted by molar-refractivity contribution is 7.56. The lowest BCUT2D eigenvalue weighted by molar-refractivity contribution is 0.409. The molecule has 5 heteroatoms. The molecule has 0 saturated carbocycles. The fraction of sp³-hybridized carbons (Fsp3) is 0.739. The molecular weight excluding hydrogens is 386 g/mol. The van der Waals surface area contributed by atoms with Gasteiger partial charge in [0, 0.05) is 38.8 Å². The Morgan fingerprint density at radius 1 is 0.500 bits per heavy atom. The first-order chi connectivity index (χ1) is 12.4. The normalized spacial score (nSPS) is 13.8. The maximum Gasteiger partial charge on any atom is 0.130 e. The van der Waals surface area contributed by atoms with Crippen LogP contribution < -0.4 is 13.8 Å². The number of hydrogen-bond acceptors (Lipinski definition) is 3. The van der Waals surface area contributed by atoms with Crippen molar-refractivity contribution < 1.29 is 13.8 Å². The van der Waals surface area contributed by atoms with Crippen LogP contribution in [-0.2, 0) is 0 Å². The molecule has 0 N–H and O–H groups in total. The topological polar surface area (TPSA) is 27.7 Å². The van der Waals surface area contributed by atoms with Crippen LogP contribution in [0.15, 0.2) is 18.2 Å². The molecule has 0 aliphatic rings. The minimum atomic E-state index is -0.720. The van der Waals surface area contributed by atoms with Gasteiger partial charge >= 0.3 is 0 Å². The van der Waals surface area contributed by atoms with Crippen molar-refractivity contribution in [1.82, 2.24) is 0 Å². The summed E-state index contributed by atoms with van der Waals surface area (Å²) >= 11 is 0. The van der Waals surface area contributed by atoms with Crippen molar-refractivity contribution in [1.29, 1.82) is 0 Å². The Balaban J connectivity index is 3.32. The molecule has 28 heavy (non-hydrogen) atoms. The number of ether oxygens (including phenoxy) is 1. The summed E-state index contributed by atoms with van der Waals surface area (Å²) in [5.41, 5.74) is 0. The maximum absolute atomic E-state index is 6.59. The monoisotopic (exact) mass is 428 g/mol. The minimum absolute atomic E-state index is 0.0706. The summed E-state index contributed by atoms with van der Waals surface area (Å²) in [6.07, 6.45) is 0. The van der Waals surface area contributed by atoms with E-state index < -0.39 is 16.3 Å². The fourth-order valence-corrected chi connectivity index (χ4v) is 9.29. The van der Waals surface area contributed by atoms with Gasteiger partial charge in [0.2, 0.25) is 0 Å². The van der Waals surface area contributed by atoms with Crippen LogP contribution in [0.25, 0.3) is 0 Å². The second-order valence-corrected chi connectivity index (χ2v) is 18.2. The summed E-state index contributed by atoms with van der Waals surface area (Å²) in [4.78, 5) is 0. The van der Waals surface area contributed by atoms with E-state index in [9.17, 15) is 0 Å². The van der Waals surface area contributed by atoms with Crippen LogP contribution in [0.1, 0.15) is 83.1 Å². The zero-order valence-corrected chi connectivity index (χ0v) is 22.1. The first-order valence-corrected chi connectivity index (χ1v) is 12.5. The van der Waals surface area contributed by atoms with E-state index in [2.05, 4.69) is 83.1 Å². The predicted molar refractivity (Wildman–Crippen MR) is 127 cm³/mol. The van der Waals surface area contributed by atoms with E-state index in [1.165, 1.54) is 0 Å². The molecule has 1 rings (SSSR count). The van der Waals surface area contributed by atoms with Gasteiger partial charge < -0.3 is 13.8 Å². The first-order valence-electron chi connectivity index (χ1n) is 10.0. The maximum atomic E-state index is 6.59. The second kappa shape index (κ2) is 8.69. The van der Waals surface area contributed by atoms with Crippen molar-refractivity contribution in [3.8, 4) is 17.2 Å². The average molecular weight is 429 g/mol. The third kappa shape index (κ3) is 7.38. The highest BCUT2D eigenvalue weighted by Crippen LogP contribution is 2.62. The van der Waals surface area contributed by atoms with Gasteiger partial charge in [0.25, 0.3) is 0 Å². The lowest BCUT2D eigenvalue weighted by atomic mass is 10.2. The van der Waals surface area contributed by atoms with Crippen LogP contribution in [0, 0.1) is 0 Å². The molecule has 0 heterocycles. The number of hydrogen-bond donors (Lipinski definition) is 0. The van der Waals surface area contributed by atoms with E-state index in [4.69, 9.17) is 13.8 Å². The Kier molecular flexibility index (Phi) is 7.92. The molecule has 0 unspecified atom stereocenters. The Bertz CT molecular complexity index is 564. The third-order valence-electron chi connectivity index (χ3n) is 3.92.